The molecule has 0 bridgehead atoms. The molecule has 3 N–H and O–H groups in total. The fraction of sp³-hybridized carbons (Fsp3) is 0. The van der Waals surface area contributed by atoms with Gasteiger partial charge in [-0.2, -0.15) is 0 Å². The average molecular weight is 304 g/mol. The normalized spacial score (nSPS) is 9.41. The molecule has 11 heteroatoms. The van der Waals surface area contributed by atoms with Gasteiger partial charge in [0.25, 0.3) is 0 Å². The summed E-state index contributed by atoms with van der Waals surface area (Å²) in [5.74, 6) is 0. The number of hydrogen-bond donors (Lipinski definition) is 3. The maximum absolute atomic E-state index is 8.82. The predicted molar refractivity (Wildman–Crippen MR) is 49.1 cm³/mol. The van der Waals surface area contributed by atoms with Crippen LogP contribution in [0.1, 0.15) is 0 Å². The minimum absolute atomic E-state index is 0.590. The molecule has 0 heterocycles. The van der Waals surface area contributed by atoms with Crippen molar-refractivity contribution in [2.75, 3.05) is 0 Å². The average Bonchev–Trinajstić information content (AvgIpc) is 2.15. The molecule has 0 fully saturated rings. The monoisotopic (exact) mass is 304 g/mol. The fourth-order valence-electron chi connectivity index (χ4n) is 0.495. The van der Waals surface area contributed by atoms with E-state index in [1.165, 1.54) is 0 Å². The summed E-state index contributed by atoms with van der Waals surface area (Å²) < 4.78 is 56.0. The van der Waals surface area contributed by atoms with Crippen molar-refractivity contribution in [2.45, 2.75) is 0 Å². The van der Waals surface area contributed by atoms with Crippen molar-refractivity contribution in [3.8, 4) is 0 Å². The van der Waals surface area contributed by atoms with Crippen molar-refractivity contribution in [3.05, 3.63) is 35.9 Å². The minimum atomic E-state index is -5.25. The van der Waals surface area contributed by atoms with Gasteiger partial charge >= 0.3 is 29.5 Å². The molecule has 17 heavy (non-hydrogen) atoms. The number of hydrogen-bond acceptors (Lipinski definition) is 6. The Balaban J connectivity index is 0. The molecule has 0 aliphatic heterocycles. The zero-order valence-corrected chi connectivity index (χ0v) is 10.2. The Labute approximate surface area is 100 Å². The van der Waals surface area contributed by atoms with Crippen LogP contribution < -0.4 is 0 Å². The third-order valence-corrected chi connectivity index (χ3v) is 0.872. The van der Waals surface area contributed by atoms with Gasteiger partial charge in [0.2, 0.25) is 0 Å². The van der Waals surface area contributed by atoms with Crippen LogP contribution in [0.3, 0.4) is 0 Å². The molecule has 0 aromatic heterocycles. The molecule has 0 saturated heterocycles. The van der Waals surface area contributed by atoms with Crippen LogP contribution in [0, 0.1) is 0 Å². The molecule has 0 atom stereocenters. The van der Waals surface area contributed by atoms with Gasteiger partial charge in [-0.1, -0.05) is 18.2 Å². The van der Waals surface area contributed by atoms with Crippen molar-refractivity contribution >= 4 is 16.7 Å². The topological polar surface area (TPSA) is 164 Å². The second-order valence-electron chi connectivity index (χ2n) is 2.10. The van der Waals surface area contributed by atoms with Crippen LogP contribution in [0.2, 0.25) is 0 Å². The SMILES string of the molecule is O=[S-](=O)O.[N-]=Nc1ccccc1.[O]=[Cr](=[O])([OH])[OH]. The first-order chi connectivity index (χ1) is 7.66. The van der Waals surface area contributed by atoms with Crippen LogP contribution in [0.25, 0.3) is 5.53 Å². The Morgan fingerprint density at radius 2 is 1.41 bits per heavy atom. The summed E-state index contributed by atoms with van der Waals surface area (Å²) in [6.45, 7) is 0. The van der Waals surface area contributed by atoms with E-state index in [2.05, 4.69) is 5.11 Å². The Morgan fingerprint density at radius 1 is 1.12 bits per heavy atom. The standard InChI is InChI=1S/C6H5N2.Cr.HO3S.2H2O.2O/c7-8-6-4-2-1-3-5-6;;1-4(2)3;;;;/h1-5H;;(H,1,2,3);2*1H2;;/q-1;+2;-1;;;;/p-2. The molecule has 9 nitrogen and oxygen atoms in total. The molecule has 0 amide bonds. The van der Waals surface area contributed by atoms with Crippen molar-refractivity contribution < 1.29 is 42.5 Å². The first kappa shape index (κ1) is 18.2. The zero-order chi connectivity index (χ0) is 13.9. The van der Waals surface area contributed by atoms with Crippen LogP contribution in [-0.2, 0) is 40.6 Å². The number of rotatable bonds is 1. The van der Waals surface area contributed by atoms with Gasteiger partial charge < -0.3 is 23.6 Å². The molecule has 0 unspecified atom stereocenters. The molecule has 0 aliphatic carbocycles. The maximum atomic E-state index is 8.82. The molecule has 1 rings (SSSR count). The van der Waals surface area contributed by atoms with Crippen molar-refractivity contribution in [3.63, 3.8) is 0 Å². The van der Waals surface area contributed by atoms with E-state index in [1.807, 2.05) is 18.2 Å². The second kappa shape index (κ2) is 9.97. The zero-order valence-electron chi connectivity index (χ0n) is 8.07. The van der Waals surface area contributed by atoms with Gasteiger partial charge in [0.15, 0.2) is 0 Å². The second-order valence-corrected chi connectivity index (χ2v) is 3.93. The summed E-state index contributed by atoms with van der Waals surface area (Å²) in [5.41, 5.74) is 8.75. The third-order valence-electron chi connectivity index (χ3n) is 0.872. The van der Waals surface area contributed by atoms with Crippen molar-refractivity contribution in [1.29, 1.82) is 0 Å². The van der Waals surface area contributed by atoms with E-state index in [1.54, 1.807) is 12.1 Å². The molecule has 1 aromatic rings. The van der Waals surface area contributed by atoms with Gasteiger partial charge in [-0.3, -0.25) is 0 Å². The number of benzene rings is 1. The third kappa shape index (κ3) is 31.3. The van der Waals surface area contributed by atoms with E-state index in [9.17, 15) is 0 Å². The van der Waals surface area contributed by atoms with Gasteiger partial charge in [-0.05, 0) is 12.1 Å². The van der Waals surface area contributed by atoms with Gasteiger partial charge in [0.1, 0.15) is 0 Å². The molecule has 98 valence electrons. The van der Waals surface area contributed by atoms with Gasteiger partial charge in [0, 0.05) is 16.7 Å². The Hall–Kier alpha value is -1.22. The molecule has 0 spiro atoms. The van der Waals surface area contributed by atoms with Gasteiger partial charge in [-0.15, -0.1) is 0 Å². The van der Waals surface area contributed by atoms with Crippen LogP contribution in [0.15, 0.2) is 35.4 Å². The first-order valence-electron chi connectivity index (χ1n) is 3.55. The number of nitrogens with zero attached hydrogens (tertiary/aromatic N) is 2. The summed E-state index contributed by atoms with van der Waals surface area (Å²) in [5, 5.41) is 2.97. The molecule has 1 aromatic carbocycles. The summed E-state index contributed by atoms with van der Waals surface area (Å²) in [7, 11) is -2.86. The summed E-state index contributed by atoms with van der Waals surface area (Å²) in [4.78, 5) is 0. The predicted octanol–water partition coefficient (Wildman–Crippen LogP) is 0.754. The van der Waals surface area contributed by atoms with E-state index in [0.29, 0.717) is 5.69 Å². The van der Waals surface area contributed by atoms with Crippen LogP contribution in [0.4, 0.5) is 5.69 Å². The van der Waals surface area contributed by atoms with Crippen molar-refractivity contribution in [2.24, 2.45) is 5.11 Å². The molecule has 0 saturated carbocycles. The quantitative estimate of drug-likeness (QED) is 0.298. The molecule has 0 radical (unpaired) electrons. The Morgan fingerprint density at radius 3 is 1.59 bits per heavy atom. The van der Waals surface area contributed by atoms with Crippen LogP contribution in [0.5, 0.6) is 0 Å². The van der Waals surface area contributed by atoms with Crippen LogP contribution in [-0.4, -0.2) is 12.9 Å². The van der Waals surface area contributed by atoms with E-state index in [0.717, 1.165) is 0 Å². The van der Waals surface area contributed by atoms with Crippen LogP contribution >= 0.6 is 0 Å². The molecule has 0 aliphatic rings. The van der Waals surface area contributed by atoms with E-state index >= 15 is 0 Å². The fourth-order valence-corrected chi connectivity index (χ4v) is 0.495. The summed E-state index contributed by atoms with van der Waals surface area (Å²) in [6.07, 6.45) is 0. The summed E-state index contributed by atoms with van der Waals surface area (Å²) >= 11 is -5.25. The van der Waals surface area contributed by atoms with E-state index in [-0.39, 0.29) is 0 Å². The van der Waals surface area contributed by atoms with Crippen molar-refractivity contribution in [1.82, 2.24) is 0 Å². The Bertz CT molecular complexity index is 468. The van der Waals surface area contributed by atoms with E-state index < -0.39 is 24.6 Å². The molecular formula is C6H8CrN2O7S-2. The van der Waals surface area contributed by atoms with E-state index in [4.69, 9.17) is 34.4 Å². The Kier molecular flexibility index (Phi) is 10.6. The van der Waals surface area contributed by atoms with Gasteiger partial charge in [0.05, 0.1) is 0 Å². The molecular weight excluding hydrogens is 296 g/mol. The van der Waals surface area contributed by atoms with Gasteiger partial charge in [-0.25, -0.2) is 0 Å². The summed E-state index contributed by atoms with van der Waals surface area (Å²) in [6, 6.07) is 8.94. The first-order valence-corrected chi connectivity index (χ1v) is 6.76.